The van der Waals surface area contributed by atoms with Crippen molar-refractivity contribution in [3.63, 3.8) is 0 Å². The number of hydrogen-bond acceptors (Lipinski definition) is 7. The van der Waals surface area contributed by atoms with Crippen molar-refractivity contribution in [2.24, 2.45) is 0 Å². The summed E-state index contributed by atoms with van der Waals surface area (Å²) >= 11 is 0. The fourth-order valence-electron chi connectivity index (χ4n) is 3.41. The number of nitro benzene ring substituents is 1. The molecule has 10 heteroatoms. The van der Waals surface area contributed by atoms with Gasteiger partial charge in [0.25, 0.3) is 15.7 Å². The zero-order valence-electron chi connectivity index (χ0n) is 18.1. The summed E-state index contributed by atoms with van der Waals surface area (Å²) in [7, 11) is -0.226. The molecule has 0 fully saturated rings. The Morgan fingerprint density at radius 3 is 2.38 bits per heavy atom. The Morgan fingerprint density at radius 2 is 1.81 bits per heavy atom. The van der Waals surface area contributed by atoms with Crippen molar-refractivity contribution in [2.45, 2.75) is 17.9 Å². The summed E-state index contributed by atoms with van der Waals surface area (Å²) in [5.74, 6) is 0.714. The molecule has 9 nitrogen and oxygen atoms in total. The number of nitrogens with zero attached hydrogens (tertiary/aromatic N) is 3. The molecule has 0 spiro atoms. The van der Waals surface area contributed by atoms with Gasteiger partial charge in [-0.25, -0.2) is 8.42 Å². The summed E-state index contributed by atoms with van der Waals surface area (Å²) in [6.07, 6.45) is 1.57. The van der Waals surface area contributed by atoms with E-state index in [0.29, 0.717) is 18.0 Å². The number of rotatable bonds is 10. The minimum Gasteiger partial charge on any atom is -0.468 e. The Kier molecular flexibility index (Phi) is 7.16. The lowest BCUT2D eigenvalue weighted by Crippen LogP contribution is -2.30. The molecule has 1 aromatic heterocycles. The molecule has 0 aliphatic heterocycles. The van der Waals surface area contributed by atoms with E-state index in [1.807, 2.05) is 25.1 Å². The molecule has 0 saturated carbocycles. The minimum atomic E-state index is -3.98. The number of anilines is 2. The summed E-state index contributed by atoms with van der Waals surface area (Å²) in [5.41, 5.74) is 0.411. The molecule has 1 N–H and O–H groups in total. The highest BCUT2D eigenvalue weighted by Crippen LogP contribution is 2.31. The molecule has 0 radical (unpaired) electrons. The van der Waals surface area contributed by atoms with Crippen molar-refractivity contribution < 1.29 is 17.8 Å². The normalized spacial score (nSPS) is 12.5. The average Bonchev–Trinajstić information content (AvgIpc) is 3.29. The van der Waals surface area contributed by atoms with Crippen LogP contribution in [0.4, 0.5) is 17.1 Å². The average molecular weight is 459 g/mol. The molecule has 0 aliphatic rings. The van der Waals surface area contributed by atoms with Crippen LogP contribution >= 0.6 is 0 Å². The van der Waals surface area contributed by atoms with Gasteiger partial charge in [-0.15, -0.1) is 0 Å². The summed E-state index contributed by atoms with van der Waals surface area (Å²) in [6, 6.07) is 16.0. The maximum Gasteiger partial charge on any atom is 0.293 e. The lowest BCUT2D eigenvalue weighted by atomic mass is 10.2. The maximum absolute atomic E-state index is 13.2. The van der Waals surface area contributed by atoms with Gasteiger partial charge in [0.15, 0.2) is 0 Å². The van der Waals surface area contributed by atoms with Crippen LogP contribution in [0.5, 0.6) is 0 Å². The van der Waals surface area contributed by atoms with Crippen LogP contribution in [0.1, 0.15) is 18.7 Å². The van der Waals surface area contributed by atoms with Crippen LogP contribution in [0.3, 0.4) is 0 Å². The quantitative estimate of drug-likeness (QED) is 0.359. The first kappa shape index (κ1) is 23.3. The highest BCUT2D eigenvalue weighted by molar-refractivity contribution is 7.92. The van der Waals surface area contributed by atoms with Gasteiger partial charge in [-0.1, -0.05) is 18.2 Å². The predicted octanol–water partition coefficient (Wildman–Crippen LogP) is 4.12. The molecule has 0 aliphatic carbocycles. The van der Waals surface area contributed by atoms with Crippen LogP contribution < -0.4 is 9.62 Å². The smallest absolute Gasteiger partial charge is 0.293 e. The van der Waals surface area contributed by atoms with E-state index < -0.39 is 14.9 Å². The molecule has 170 valence electrons. The van der Waals surface area contributed by atoms with Gasteiger partial charge in [-0.3, -0.25) is 19.3 Å². The number of nitrogens with one attached hydrogen (secondary N) is 1. The van der Waals surface area contributed by atoms with Gasteiger partial charge in [0.2, 0.25) is 0 Å². The fraction of sp³-hybridized carbons (Fsp3) is 0.273. The molecular formula is C22H26N4O5S. The van der Waals surface area contributed by atoms with Crippen LogP contribution in [0.2, 0.25) is 0 Å². The van der Waals surface area contributed by atoms with Crippen LogP contribution in [-0.4, -0.2) is 45.4 Å². The van der Waals surface area contributed by atoms with Gasteiger partial charge in [0, 0.05) is 19.2 Å². The lowest BCUT2D eigenvalue weighted by Gasteiger charge is -2.24. The van der Waals surface area contributed by atoms with Crippen molar-refractivity contribution in [3.8, 4) is 0 Å². The molecule has 1 heterocycles. The standard InChI is InChI=1S/C22H26N4O5S/c1-4-25(17-9-6-5-7-10-17)32(29,30)18-12-13-19(20(15-18)26(27)28)23-16-21(24(2)3)22-11-8-14-31-22/h5-15,21,23H,4,16H2,1-3H3. The topological polar surface area (TPSA) is 109 Å². The molecule has 1 unspecified atom stereocenters. The zero-order chi connectivity index (χ0) is 23.3. The van der Waals surface area contributed by atoms with Crippen LogP contribution in [0.25, 0.3) is 0 Å². The number of likely N-dealkylation sites (N-methyl/N-ethyl adjacent to an activating group) is 1. The van der Waals surface area contributed by atoms with Gasteiger partial charge in [0.05, 0.1) is 27.8 Å². The number of nitro groups is 1. The molecule has 32 heavy (non-hydrogen) atoms. The second-order valence-electron chi connectivity index (χ2n) is 7.32. The van der Waals surface area contributed by atoms with Crippen LogP contribution in [0, 0.1) is 10.1 Å². The molecule has 0 amide bonds. The monoisotopic (exact) mass is 458 g/mol. The fourth-order valence-corrected chi connectivity index (χ4v) is 4.90. The Hall–Kier alpha value is -3.37. The van der Waals surface area contributed by atoms with E-state index >= 15 is 0 Å². The van der Waals surface area contributed by atoms with E-state index in [1.54, 1.807) is 49.6 Å². The summed E-state index contributed by atoms with van der Waals surface area (Å²) in [6.45, 7) is 2.23. The molecule has 0 bridgehead atoms. The third kappa shape index (κ3) is 4.92. The van der Waals surface area contributed by atoms with Gasteiger partial charge in [-0.05, 0) is 57.4 Å². The van der Waals surface area contributed by atoms with Crippen molar-refractivity contribution in [1.82, 2.24) is 4.90 Å². The Labute approximate surface area is 187 Å². The molecular weight excluding hydrogens is 432 g/mol. The molecule has 3 rings (SSSR count). The Bertz CT molecular complexity index is 1150. The summed E-state index contributed by atoms with van der Waals surface area (Å²) in [4.78, 5) is 12.9. The first-order valence-electron chi connectivity index (χ1n) is 10.1. The van der Waals surface area contributed by atoms with Gasteiger partial charge in [-0.2, -0.15) is 0 Å². The zero-order valence-corrected chi connectivity index (χ0v) is 19.0. The second-order valence-corrected chi connectivity index (χ2v) is 9.18. The highest BCUT2D eigenvalue weighted by atomic mass is 32.2. The number of furan rings is 1. The number of para-hydroxylation sites is 1. The number of sulfonamides is 1. The van der Waals surface area contributed by atoms with E-state index in [0.717, 1.165) is 6.07 Å². The highest BCUT2D eigenvalue weighted by Gasteiger charge is 2.27. The second kappa shape index (κ2) is 9.84. The van der Waals surface area contributed by atoms with Gasteiger partial charge in [0.1, 0.15) is 11.4 Å². The molecule has 0 saturated heterocycles. The van der Waals surface area contributed by atoms with Crippen molar-refractivity contribution in [3.05, 3.63) is 82.8 Å². The Morgan fingerprint density at radius 1 is 1.09 bits per heavy atom. The van der Waals surface area contributed by atoms with E-state index in [1.165, 1.54) is 16.4 Å². The molecule has 1 atom stereocenters. The maximum atomic E-state index is 13.2. The van der Waals surface area contributed by atoms with Crippen LogP contribution in [-0.2, 0) is 10.0 Å². The summed E-state index contributed by atoms with van der Waals surface area (Å²) in [5, 5.41) is 14.8. The van der Waals surface area contributed by atoms with Crippen molar-refractivity contribution in [1.29, 1.82) is 0 Å². The van der Waals surface area contributed by atoms with Gasteiger partial charge < -0.3 is 9.73 Å². The van der Waals surface area contributed by atoms with Crippen molar-refractivity contribution in [2.75, 3.05) is 36.8 Å². The molecule has 2 aromatic carbocycles. The number of benzene rings is 2. The lowest BCUT2D eigenvalue weighted by molar-refractivity contribution is -0.384. The Balaban J connectivity index is 1.91. The predicted molar refractivity (Wildman–Crippen MR) is 123 cm³/mol. The minimum absolute atomic E-state index is 0.143. The number of hydrogen-bond donors (Lipinski definition) is 1. The van der Waals surface area contributed by atoms with Crippen molar-refractivity contribution >= 4 is 27.1 Å². The van der Waals surface area contributed by atoms with Crippen LogP contribution in [0.15, 0.2) is 76.2 Å². The third-order valence-corrected chi connectivity index (χ3v) is 6.97. The van der Waals surface area contributed by atoms with E-state index in [-0.39, 0.29) is 28.9 Å². The van der Waals surface area contributed by atoms with E-state index in [9.17, 15) is 18.5 Å². The first-order valence-corrected chi connectivity index (χ1v) is 11.5. The summed E-state index contributed by atoms with van der Waals surface area (Å²) < 4.78 is 33.1. The van der Waals surface area contributed by atoms with Gasteiger partial charge >= 0.3 is 0 Å². The molecule has 3 aromatic rings. The largest absolute Gasteiger partial charge is 0.468 e. The SMILES string of the molecule is CCN(c1ccccc1)S(=O)(=O)c1ccc(NCC(c2ccco2)N(C)C)c([N+](=O)[O-])c1. The van der Waals surface area contributed by atoms with E-state index in [2.05, 4.69) is 5.32 Å². The first-order chi connectivity index (χ1) is 15.3. The van der Waals surface area contributed by atoms with E-state index in [4.69, 9.17) is 4.42 Å². The third-order valence-electron chi connectivity index (χ3n) is 5.07.